The van der Waals surface area contributed by atoms with E-state index < -0.39 is 15.8 Å². The van der Waals surface area contributed by atoms with Crippen molar-refractivity contribution in [3.05, 3.63) is 28.7 Å². The Morgan fingerprint density at radius 3 is 2.65 bits per heavy atom. The average molecular weight is 383 g/mol. The van der Waals surface area contributed by atoms with E-state index in [2.05, 4.69) is 18.6 Å². The highest BCUT2D eigenvalue weighted by Gasteiger charge is 2.24. The van der Waals surface area contributed by atoms with Gasteiger partial charge < -0.3 is 9.32 Å². The summed E-state index contributed by atoms with van der Waals surface area (Å²) in [5.74, 6) is 0.964. The van der Waals surface area contributed by atoms with Gasteiger partial charge in [-0.3, -0.25) is 4.57 Å². The highest BCUT2D eigenvalue weighted by molar-refractivity contribution is 7.89. The van der Waals surface area contributed by atoms with Gasteiger partial charge in [-0.25, -0.2) is 17.9 Å². The van der Waals surface area contributed by atoms with Crippen molar-refractivity contribution in [2.24, 2.45) is 18.9 Å². The summed E-state index contributed by atoms with van der Waals surface area (Å²) in [5.41, 5.74) is 0.854. The average Bonchev–Trinajstić information content (AvgIpc) is 2.85. The number of fused-ring (bicyclic) bond motifs is 1. The number of hydrogen-bond acceptors (Lipinski definition) is 4. The molecule has 8 heteroatoms. The molecule has 0 bridgehead atoms. The van der Waals surface area contributed by atoms with Gasteiger partial charge in [0.2, 0.25) is 10.0 Å². The molecule has 0 amide bonds. The molecule has 0 radical (unpaired) electrons. The smallest absolute Gasteiger partial charge is 0.408 e. The van der Waals surface area contributed by atoms with Crippen molar-refractivity contribution in [3.63, 3.8) is 0 Å². The summed E-state index contributed by atoms with van der Waals surface area (Å²) in [7, 11) is -2.02. The fourth-order valence-electron chi connectivity index (χ4n) is 4.04. The van der Waals surface area contributed by atoms with Gasteiger partial charge >= 0.3 is 5.76 Å². The highest BCUT2D eigenvalue weighted by Crippen LogP contribution is 2.17. The molecule has 3 rings (SSSR count). The Kier molecular flexibility index (Phi) is 5.55. The van der Waals surface area contributed by atoms with Gasteiger partial charge in [0.25, 0.3) is 0 Å². The number of nitrogens with one attached hydrogen (secondary N) is 2. The van der Waals surface area contributed by atoms with E-state index in [1.54, 1.807) is 18.0 Å². The molecule has 1 aliphatic heterocycles. The maximum atomic E-state index is 12.5. The highest BCUT2D eigenvalue weighted by atomic mass is 32.2. The fourth-order valence-corrected chi connectivity index (χ4v) is 5.13. The molecule has 0 saturated carbocycles. The molecule has 3 atom stereocenters. The standard InChI is InChI=1S/C18H27N3O4S/c1-13-9-14(2)12-21(11-13)8-4-7-19-26(23,24)15-5-6-16-17(10-15)25-18(22)20(16)3/h5-6,10,13-14,19H,4,7-9,11-12H2,1-3H3/p+1/t13-,14+. The minimum absolute atomic E-state index is 0.118. The maximum Gasteiger partial charge on any atom is 0.419 e. The van der Waals surface area contributed by atoms with Crippen LogP contribution in [0.1, 0.15) is 26.7 Å². The Labute approximate surface area is 154 Å². The number of piperidine rings is 1. The lowest BCUT2D eigenvalue weighted by Crippen LogP contribution is -3.14. The number of nitrogens with zero attached hydrogens (tertiary/aromatic N) is 1. The van der Waals surface area contributed by atoms with E-state index in [4.69, 9.17) is 4.42 Å². The van der Waals surface area contributed by atoms with Crippen LogP contribution in [0.5, 0.6) is 0 Å². The van der Waals surface area contributed by atoms with Gasteiger partial charge in [-0.2, -0.15) is 0 Å². The Morgan fingerprint density at radius 1 is 1.27 bits per heavy atom. The minimum atomic E-state index is -3.61. The zero-order chi connectivity index (χ0) is 18.9. The van der Waals surface area contributed by atoms with Crippen molar-refractivity contribution < 1.29 is 17.7 Å². The van der Waals surface area contributed by atoms with Crippen LogP contribution in [0.3, 0.4) is 0 Å². The van der Waals surface area contributed by atoms with Gasteiger partial charge in [-0.1, -0.05) is 13.8 Å². The van der Waals surface area contributed by atoms with E-state index in [-0.39, 0.29) is 10.5 Å². The van der Waals surface area contributed by atoms with Crippen LogP contribution in [0.4, 0.5) is 0 Å². The van der Waals surface area contributed by atoms with E-state index >= 15 is 0 Å². The molecule has 2 N–H and O–H groups in total. The van der Waals surface area contributed by atoms with Gasteiger partial charge in [0.1, 0.15) is 0 Å². The quantitative estimate of drug-likeness (QED) is 0.707. The molecule has 1 aliphatic rings. The Morgan fingerprint density at radius 2 is 1.96 bits per heavy atom. The third-order valence-corrected chi connectivity index (χ3v) is 6.61. The van der Waals surface area contributed by atoms with Gasteiger partial charge in [0.15, 0.2) is 5.58 Å². The van der Waals surface area contributed by atoms with Crippen molar-refractivity contribution >= 4 is 21.1 Å². The summed E-state index contributed by atoms with van der Waals surface area (Å²) in [4.78, 5) is 13.2. The summed E-state index contributed by atoms with van der Waals surface area (Å²) >= 11 is 0. The predicted molar refractivity (Wildman–Crippen MR) is 99.8 cm³/mol. The minimum Gasteiger partial charge on any atom is -0.408 e. The SMILES string of the molecule is C[C@@H]1C[C@H](C)C[NH+](CCCNS(=O)(=O)c2ccc3c(c2)oc(=O)n3C)C1. The monoisotopic (exact) mass is 382 g/mol. The number of benzene rings is 1. The third kappa shape index (κ3) is 4.19. The number of likely N-dealkylation sites (tertiary alicyclic amines) is 1. The maximum absolute atomic E-state index is 12.5. The molecular weight excluding hydrogens is 354 g/mol. The second-order valence-electron chi connectivity index (χ2n) is 7.66. The first-order valence-corrected chi connectivity index (χ1v) is 10.7. The van der Waals surface area contributed by atoms with Crippen LogP contribution in [0, 0.1) is 11.8 Å². The molecule has 1 aromatic carbocycles. The van der Waals surface area contributed by atoms with Gasteiger partial charge in [0, 0.05) is 37.9 Å². The van der Waals surface area contributed by atoms with E-state index in [1.165, 1.54) is 36.2 Å². The molecule has 0 aliphatic carbocycles. The first-order chi connectivity index (χ1) is 12.3. The lowest BCUT2D eigenvalue weighted by atomic mass is 9.92. The van der Waals surface area contributed by atoms with E-state index in [0.29, 0.717) is 12.1 Å². The molecule has 0 spiro atoms. The Hall–Kier alpha value is -1.64. The second kappa shape index (κ2) is 7.54. The molecule has 1 unspecified atom stereocenters. The van der Waals surface area contributed by atoms with Crippen molar-refractivity contribution in [1.29, 1.82) is 0 Å². The summed E-state index contributed by atoms with van der Waals surface area (Å²) in [6, 6.07) is 4.49. The molecule has 26 heavy (non-hydrogen) atoms. The third-order valence-electron chi connectivity index (χ3n) is 5.15. The van der Waals surface area contributed by atoms with Crippen LogP contribution in [0.2, 0.25) is 0 Å². The van der Waals surface area contributed by atoms with E-state index in [1.807, 2.05) is 0 Å². The Bertz CT molecular complexity index is 922. The van der Waals surface area contributed by atoms with Crippen molar-refractivity contribution in [2.75, 3.05) is 26.2 Å². The fraction of sp³-hybridized carbons (Fsp3) is 0.611. The first kappa shape index (κ1) is 19.1. The summed E-state index contributed by atoms with van der Waals surface area (Å²) < 4.78 is 34.0. The molecule has 1 fully saturated rings. The van der Waals surface area contributed by atoms with Crippen molar-refractivity contribution in [2.45, 2.75) is 31.6 Å². The summed E-state index contributed by atoms with van der Waals surface area (Å²) in [6.07, 6.45) is 2.09. The van der Waals surface area contributed by atoms with Crippen LogP contribution in [-0.4, -0.2) is 39.2 Å². The topological polar surface area (TPSA) is 85.8 Å². The molecule has 1 saturated heterocycles. The number of sulfonamides is 1. The summed E-state index contributed by atoms with van der Waals surface area (Å²) in [6.45, 7) is 8.30. The molecule has 1 aromatic heterocycles. The van der Waals surface area contributed by atoms with Crippen LogP contribution in [0.15, 0.2) is 32.3 Å². The Balaban J connectivity index is 1.58. The van der Waals surface area contributed by atoms with Crippen molar-refractivity contribution in [3.8, 4) is 0 Å². The van der Waals surface area contributed by atoms with Crippen LogP contribution < -0.4 is 15.4 Å². The molecule has 144 valence electrons. The molecule has 7 nitrogen and oxygen atoms in total. The van der Waals surface area contributed by atoms with Crippen LogP contribution >= 0.6 is 0 Å². The number of quaternary nitrogens is 1. The summed E-state index contributed by atoms with van der Waals surface area (Å²) in [5, 5.41) is 0. The number of oxazole rings is 1. The number of hydrogen-bond donors (Lipinski definition) is 2. The van der Waals surface area contributed by atoms with E-state index in [9.17, 15) is 13.2 Å². The van der Waals surface area contributed by atoms with Crippen LogP contribution in [-0.2, 0) is 17.1 Å². The van der Waals surface area contributed by atoms with Gasteiger partial charge in [0.05, 0.1) is 30.0 Å². The second-order valence-corrected chi connectivity index (χ2v) is 9.43. The first-order valence-electron chi connectivity index (χ1n) is 9.19. The van der Waals surface area contributed by atoms with Crippen LogP contribution in [0.25, 0.3) is 11.1 Å². The molecule has 2 aromatic rings. The largest absolute Gasteiger partial charge is 0.419 e. The predicted octanol–water partition coefficient (Wildman–Crippen LogP) is 0.361. The zero-order valence-corrected chi connectivity index (χ0v) is 16.4. The van der Waals surface area contributed by atoms with Gasteiger partial charge in [-0.15, -0.1) is 0 Å². The zero-order valence-electron chi connectivity index (χ0n) is 15.6. The lowest BCUT2D eigenvalue weighted by Gasteiger charge is -2.32. The van der Waals surface area contributed by atoms with E-state index in [0.717, 1.165) is 24.8 Å². The number of aryl methyl sites for hydroxylation is 1. The number of rotatable bonds is 6. The molecular formula is C18H28N3O4S+. The molecule has 2 heterocycles. The van der Waals surface area contributed by atoms with Gasteiger partial charge in [-0.05, 0) is 18.6 Å². The van der Waals surface area contributed by atoms with Crippen molar-refractivity contribution in [1.82, 2.24) is 9.29 Å². The lowest BCUT2D eigenvalue weighted by molar-refractivity contribution is -0.912. The normalized spacial score (nSPS) is 24.2. The number of aromatic nitrogens is 1.